The predicted octanol–water partition coefficient (Wildman–Crippen LogP) is 5.55. The number of carbonyl (C=O) groups is 1. The molecule has 34 heavy (non-hydrogen) atoms. The maximum Gasteiger partial charge on any atom is 0.256 e. The summed E-state index contributed by atoms with van der Waals surface area (Å²) in [6.45, 7) is 7.58. The van der Waals surface area contributed by atoms with E-state index in [9.17, 15) is 14.3 Å². The summed E-state index contributed by atoms with van der Waals surface area (Å²) >= 11 is 0. The molecule has 178 valence electrons. The quantitative estimate of drug-likeness (QED) is 0.480. The molecule has 4 nitrogen and oxygen atoms in total. The van der Waals surface area contributed by atoms with E-state index >= 15 is 0 Å². The van der Waals surface area contributed by atoms with Crippen molar-refractivity contribution in [3.63, 3.8) is 0 Å². The van der Waals surface area contributed by atoms with Crippen molar-refractivity contribution in [1.29, 1.82) is 0 Å². The van der Waals surface area contributed by atoms with E-state index in [0.29, 0.717) is 25.4 Å². The highest BCUT2D eigenvalue weighted by Crippen LogP contribution is 2.35. The molecule has 0 aliphatic carbocycles. The first-order valence-electron chi connectivity index (χ1n) is 12.0. The van der Waals surface area contributed by atoms with Crippen LogP contribution in [0.2, 0.25) is 0 Å². The number of hydrogen-bond donors (Lipinski definition) is 1. The fourth-order valence-electron chi connectivity index (χ4n) is 5.01. The second-order valence-electron chi connectivity index (χ2n) is 9.68. The smallest absolute Gasteiger partial charge is 0.256 e. The van der Waals surface area contributed by atoms with E-state index in [2.05, 4.69) is 43.0 Å². The molecule has 1 amide bonds. The number of amides is 1. The zero-order valence-electron chi connectivity index (χ0n) is 19.9. The molecule has 1 heterocycles. The van der Waals surface area contributed by atoms with E-state index in [0.717, 1.165) is 18.7 Å². The molecule has 1 aliphatic rings. The monoisotopic (exact) mass is 460 g/mol. The van der Waals surface area contributed by atoms with E-state index in [1.165, 1.54) is 11.6 Å². The van der Waals surface area contributed by atoms with Gasteiger partial charge in [-0.15, -0.1) is 0 Å². The molecule has 1 N–H and O–H groups in total. The number of benzene rings is 3. The van der Waals surface area contributed by atoms with Crippen LogP contribution in [-0.2, 0) is 6.54 Å². The van der Waals surface area contributed by atoms with Crippen molar-refractivity contribution >= 4 is 5.91 Å². The van der Waals surface area contributed by atoms with Gasteiger partial charge in [0.05, 0.1) is 5.56 Å². The molecular formula is C29H33FN2O2. The average Bonchev–Trinajstić information content (AvgIpc) is 3.22. The number of aromatic hydroxyl groups is 1. The average molecular weight is 461 g/mol. The molecule has 0 bridgehead atoms. The Bertz CT molecular complexity index is 1100. The van der Waals surface area contributed by atoms with Crippen molar-refractivity contribution in [3.8, 4) is 5.75 Å². The molecule has 1 aliphatic heterocycles. The SMILES string of the molecule is CC(C)CN(C[C@@H]1CN(Cc2ccccc2O)C[C@H]1c1ccccc1)C(=O)c1ccccc1F. The topological polar surface area (TPSA) is 43.8 Å². The Kier molecular flexibility index (Phi) is 7.63. The molecule has 1 fully saturated rings. The fourth-order valence-corrected chi connectivity index (χ4v) is 5.01. The number of phenols is 1. The van der Waals surface area contributed by atoms with E-state index in [1.54, 1.807) is 24.3 Å². The van der Waals surface area contributed by atoms with Gasteiger partial charge in [0.15, 0.2) is 0 Å². The van der Waals surface area contributed by atoms with Gasteiger partial charge in [0.1, 0.15) is 11.6 Å². The fraction of sp³-hybridized carbons (Fsp3) is 0.345. The van der Waals surface area contributed by atoms with Crippen LogP contribution < -0.4 is 0 Å². The Morgan fingerprint density at radius 3 is 2.38 bits per heavy atom. The Balaban J connectivity index is 1.59. The molecule has 2 atom stereocenters. The second kappa shape index (κ2) is 10.8. The van der Waals surface area contributed by atoms with E-state index in [1.807, 2.05) is 29.2 Å². The molecule has 0 unspecified atom stereocenters. The summed E-state index contributed by atoms with van der Waals surface area (Å²) < 4.78 is 14.5. The highest BCUT2D eigenvalue weighted by Gasteiger charge is 2.36. The van der Waals surface area contributed by atoms with Crippen molar-refractivity contribution in [2.45, 2.75) is 26.3 Å². The third-order valence-corrected chi connectivity index (χ3v) is 6.56. The number of para-hydroxylation sites is 1. The third kappa shape index (κ3) is 5.65. The summed E-state index contributed by atoms with van der Waals surface area (Å²) in [5.41, 5.74) is 2.27. The van der Waals surface area contributed by atoms with Crippen LogP contribution in [0.15, 0.2) is 78.9 Å². The number of likely N-dealkylation sites (tertiary alicyclic amines) is 1. The lowest BCUT2D eigenvalue weighted by Gasteiger charge is -2.30. The van der Waals surface area contributed by atoms with Crippen molar-refractivity contribution in [2.24, 2.45) is 11.8 Å². The minimum absolute atomic E-state index is 0.128. The molecule has 0 spiro atoms. The lowest BCUT2D eigenvalue weighted by Crippen LogP contribution is -2.40. The van der Waals surface area contributed by atoms with Crippen molar-refractivity contribution < 1.29 is 14.3 Å². The minimum Gasteiger partial charge on any atom is -0.508 e. The largest absolute Gasteiger partial charge is 0.508 e. The van der Waals surface area contributed by atoms with Gasteiger partial charge < -0.3 is 10.0 Å². The Labute approximate surface area is 201 Å². The highest BCUT2D eigenvalue weighted by molar-refractivity contribution is 5.94. The normalized spacial score (nSPS) is 18.4. The van der Waals surface area contributed by atoms with Gasteiger partial charge >= 0.3 is 0 Å². The molecular weight excluding hydrogens is 427 g/mol. The van der Waals surface area contributed by atoms with Crippen molar-refractivity contribution in [2.75, 3.05) is 26.2 Å². The van der Waals surface area contributed by atoms with Gasteiger partial charge in [-0.1, -0.05) is 74.5 Å². The molecule has 4 rings (SSSR count). The number of hydrogen-bond acceptors (Lipinski definition) is 3. The van der Waals surface area contributed by atoms with Gasteiger partial charge in [-0.3, -0.25) is 9.69 Å². The first-order valence-corrected chi connectivity index (χ1v) is 12.0. The molecule has 0 aromatic heterocycles. The van der Waals surface area contributed by atoms with Gasteiger partial charge in [0, 0.05) is 44.2 Å². The van der Waals surface area contributed by atoms with Gasteiger partial charge in [0.2, 0.25) is 0 Å². The maximum absolute atomic E-state index is 14.5. The van der Waals surface area contributed by atoms with Crippen molar-refractivity contribution in [1.82, 2.24) is 9.80 Å². The third-order valence-electron chi connectivity index (χ3n) is 6.56. The summed E-state index contributed by atoms with van der Waals surface area (Å²) in [7, 11) is 0. The van der Waals surface area contributed by atoms with Crippen LogP contribution in [0, 0.1) is 17.7 Å². The Hall–Kier alpha value is -3.18. The zero-order chi connectivity index (χ0) is 24.1. The summed E-state index contributed by atoms with van der Waals surface area (Å²) in [5.74, 6) is 0.284. The molecule has 5 heteroatoms. The second-order valence-corrected chi connectivity index (χ2v) is 9.68. The van der Waals surface area contributed by atoms with E-state index in [-0.39, 0.29) is 29.2 Å². The summed E-state index contributed by atoms with van der Waals surface area (Å²) in [6.07, 6.45) is 0. The maximum atomic E-state index is 14.5. The number of nitrogens with zero attached hydrogens (tertiary/aromatic N) is 2. The number of rotatable bonds is 8. The van der Waals surface area contributed by atoms with E-state index < -0.39 is 5.82 Å². The molecule has 3 aromatic carbocycles. The molecule has 1 saturated heterocycles. The van der Waals surface area contributed by atoms with E-state index in [4.69, 9.17) is 0 Å². The summed E-state index contributed by atoms with van der Waals surface area (Å²) in [6, 6.07) is 24.1. The first kappa shape index (κ1) is 24.0. The van der Waals surface area contributed by atoms with Crippen LogP contribution in [0.25, 0.3) is 0 Å². The lowest BCUT2D eigenvalue weighted by molar-refractivity contribution is 0.0698. The van der Waals surface area contributed by atoms with Crippen LogP contribution in [0.1, 0.15) is 41.3 Å². The van der Waals surface area contributed by atoms with Crippen molar-refractivity contribution in [3.05, 3.63) is 101 Å². The van der Waals surface area contributed by atoms with Gasteiger partial charge in [0.25, 0.3) is 5.91 Å². The van der Waals surface area contributed by atoms with Crippen LogP contribution >= 0.6 is 0 Å². The van der Waals surface area contributed by atoms with Crippen LogP contribution in [0.5, 0.6) is 5.75 Å². The summed E-state index contributed by atoms with van der Waals surface area (Å²) in [5, 5.41) is 10.3. The standard InChI is InChI=1S/C29H33FN2O2/c1-21(2)16-32(29(34)25-13-7-8-14-27(25)30)19-24-18-31(17-23-12-6-9-15-28(23)33)20-26(24)22-10-4-3-5-11-22/h3-15,21,24,26,33H,16-20H2,1-2H3/t24-,26-/m0/s1. The number of halogens is 1. The summed E-state index contributed by atoms with van der Waals surface area (Å²) in [4.78, 5) is 17.6. The lowest BCUT2D eigenvalue weighted by atomic mass is 9.88. The number of carbonyl (C=O) groups excluding carboxylic acids is 1. The number of phenolic OH excluding ortho intramolecular Hbond substituents is 1. The zero-order valence-corrected chi connectivity index (χ0v) is 19.9. The Morgan fingerprint density at radius 2 is 1.68 bits per heavy atom. The minimum atomic E-state index is -0.478. The van der Waals surface area contributed by atoms with Crippen LogP contribution in [0.3, 0.4) is 0 Å². The van der Waals surface area contributed by atoms with Gasteiger partial charge in [-0.2, -0.15) is 0 Å². The molecule has 0 radical (unpaired) electrons. The first-order chi connectivity index (χ1) is 16.4. The molecule has 0 saturated carbocycles. The van der Waals surface area contributed by atoms with Gasteiger partial charge in [-0.25, -0.2) is 4.39 Å². The molecule has 3 aromatic rings. The van der Waals surface area contributed by atoms with Crippen LogP contribution in [-0.4, -0.2) is 47.0 Å². The van der Waals surface area contributed by atoms with Crippen LogP contribution in [0.4, 0.5) is 4.39 Å². The highest BCUT2D eigenvalue weighted by atomic mass is 19.1. The van der Waals surface area contributed by atoms with Gasteiger partial charge in [-0.05, 0) is 35.6 Å². The predicted molar refractivity (Wildman–Crippen MR) is 133 cm³/mol. The Morgan fingerprint density at radius 1 is 1.00 bits per heavy atom.